The van der Waals surface area contributed by atoms with E-state index in [9.17, 15) is 4.79 Å². The van der Waals surface area contributed by atoms with Gasteiger partial charge in [0, 0.05) is 15.0 Å². The van der Waals surface area contributed by atoms with Crippen LogP contribution in [0, 0.1) is 13.8 Å². The lowest BCUT2D eigenvalue weighted by Crippen LogP contribution is -2.09. The third-order valence-corrected chi connectivity index (χ3v) is 4.95. The van der Waals surface area contributed by atoms with Crippen molar-refractivity contribution >= 4 is 50.5 Å². The summed E-state index contributed by atoms with van der Waals surface area (Å²) in [6.45, 7) is 4.01. The SMILES string of the molecule is Cc1cc(C(=O)Nc2ccc(Br)c(Cl)c2)sc1C. The Morgan fingerprint density at radius 1 is 1.33 bits per heavy atom. The number of hydrogen-bond acceptors (Lipinski definition) is 2. The first-order valence-corrected chi connectivity index (χ1v) is 7.29. The van der Waals surface area contributed by atoms with E-state index in [1.54, 1.807) is 12.1 Å². The van der Waals surface area contributed by atoms with Crippen molar-refractivity contribution in [3.05, 3.63) is 49.1 Å². The highest BCUT2D eigenvalue weighted by molar-refractivity contribution is 9.10. The molecule has 0 bridgehead atoms. The Labute approximate surface area is 123 Å². The molecule has 0 fully saturated rings. The molecule has 94 valence electrons. The minimum atomic E-state index is -0.102. The summed E-state index contributed by atoms with van der Waals surface area (Å²) in [7, 11) is 0. The van der Waals surface area contributed by atoms with Crippen molar-refractivity contribution in [2.75, 3.05) is 5.32 Å². The standard InChI is InChI=1S/C13H11BrClNOS/c1-7-5-12(18-8(7)2)13(17)16-9-3-4-10(14)11(15)6-9/h3-6H,1-2H3,(H,16,17). The summed E-state index contributed by atoms with van der Waals surface area (Å²) in [5, 5.41) is 3.41. The average Bonchev–Trinajstić information content (AvgIpc) is 2.65. The Bertz CT molecular complexity index is 590. The van der Waals surface area contributed by atoms with Gasteiger partial charge in [0.1, 0.15) is 0 Å². The summed E-state index contributed by atoms with van der Waals surface area (Å²) >= 11 is 10.8. The molecule has 1 N–H and O–H groups in total. The van der Waals surface area contributed by atoms with Crippen molar-refractivity contribution in [3.63, 3.8) is 0 Å². The fourth-order valence-electron chi connectivity index (χ4n) is 1.45. The number of amides is 1. The van der Waals surface area contributed by atoms with Crippen molar-refractivity contribution in [2.45, 2.75) is 13.8 Å². The van der Waals surface area contributed by atoms with E-state index in [0.717, 1.165) is 14.9 Å². The highest BCUT2D eigenvalue weighted by Gasteiger charge is 2.11. The van der Waals surface area contributed by atoms with Crippen molar-refractivity contribution in [3.8, 4) is 0 Å². The van der Waals surface area contributed by atoms with Gasteiger partial charge in [-0.3, -0.25) is 4.79 Å². The first kappa shape index (κ1) is 13.6. The highest BCUT2D eigenvalue weighted by atomic mass is 79.9. The minimum Gasteiger partial charge on any atom is -0.321 e. The molecule has 0 saturated carbocycles. The molecular formula is C13H11BrClNOS. The number of nitrogens with one attached hydrogen (secondary N) is 1. The van der Waals surface area contributed by atoms with Crippen LogP contribution in [-0.4, -0.2) is 5.91 Å². The van der Waals surface area contributed by atoms with Gasteiger partial charge >= 0.3 is 0 Å². The fraction of sp³-hybridized carbons (Fsp3) is 0.154. The molecule has 0 aliphatic rings. The molecule has 2 rings (SSSR count). The Morgan fingerprint density at radius 2 is 2.06 bits per heavy atom. The molecule has 0 saturated heterocycles. The highest BCUT2D eigenvalue weighted by Crippen LogP contribution is 2.26. The summed E-state index contributed by atoms with van der Waals surface area (Å²) < 4.78 is 0.810. The number of benzene rings is 1. The van der Waals surface area contributed by atoms with Crippen LogP contribution < -0.4 is 5.32 Å². The van der Waals surface area contributed by atoms with Gasteiger partial charge in [-0.1, -0.05) is 11.6 Å². The van der Waals surface area contributed by atoms with E-state index in [1.807, 2.05) is 26.0 Å². The zero-order valence-electron chi connectivity index (χ0n) is 9.88. The molecule has 0 unspecified atom stereocenters. The minimum absolute atomic E-state index is 0.102. The van der Waals surface area contributed by atoms with E-state index < -0.39 is 0 Å². The predicted octanol–water partition coefficient (Wildman–Crippen LogP) is 5.03. The predicted molar refractivity (Wildman–Crippen MR) is 80.9 cm³/mol. The molecule has 1 amide bonds. The molecule has 0 aliphatic carbocycles. The molecule has 1 aromatic heterocycles. The van der Waals surface area contributed by atoms with E-state index in [4.69, 9.17) is 11.6 Å². The van der Waals surface area contributed by atoms with Crippen LogP contribution in [0.1, 0.15) is 20.1 Å². The third kappa shape index (κ3) is 2.94. The monoisotopic (exact) mass is 343 g/mol. The largest absolute Gasteiger partial charge is 0.321 e. The van der Waals surface area contributed by atoms with E-state index >= 15 is 0 Å². The zero-order chi connectivity index (χ0) is 13.3. The lowest BCUT2D eigenvalue weighted by molar-refractivity contribution is 0.103. The number of carbonyl (C=O) groups is 1. The summed E-state index contributed by atoms with van der Waals surface area (Å²) in [4.78, 5) is 13.9. The molecular weight excluding hydrogens is 334 g/mol. The van der Waals surface area contributed by atoms with Crippen molar-refractivity contribution < 1.29 is 4.79 Å². The van der Waals surface area contributed by atoms with E-state index in [0.29, 0.717) is 15.6 Å². The second-order valence-corrected chi connectivity index (χ2v) is 6.45. The number of rotatable bonds is 2. The first-order chi connectivity index (χ1) is 8.47. The van der Waals surface area contributed by atoms with Crippen molar-refractivity contribution in [1.82, 2.24) is 0 Å². The summed E-state index contributed by atoms with van der Waals surface area (Å²) in [5.41, 5.74) is 1.83. The lowest BCUT2D eigenvalue weighted by Gasteiger charge is -2.04. The van der Waals surface area contributed by atoms with Gasteiger partial charge in [-0.25, -0.2) is 0 Å². The van der Waals surface area contributed by atoms with Crippen LogP contribution in [-0.2, 0) is 0 Å². The second kappa shape index (κ2) is 5.43. The number of thiophene rings is 1. The molecule has 18 heavy (non-hydrogen) atoms. The van der Waals surface area contributed by atoms with Crippen LogP contribution in [0.4, 0.5) is 5.69 Å². The van der Waals surface area contributed by atoms with Crippen LogP contribution in [0.25, 0.3) is 0 Å². The molecule has 2 aromatic rings. The van der Waals surface area contributed by atoms with Gasteiger partial charge in [0.2, 0.25) is 0 Å². The topological polar surface area (TPSA) is 29.1 Å². The number of anilines is 1. The van der Waals surface area contributed by atoms with E-state index in [1.165, 1.54) is 11.3 Å². The van der Waals surface area contributed by atoms with Gasteiger partial charge in [-0.15, -0.1) is 11.3 Å². The maximum absolute atomic E-state index is 12.0. The van der Waals surface area contributed by atoms with Gasteiger partial charge in [-0.2, -0.15) is 0 Å². The summed E-state index contributed by atoms with van der Waals surface area (Å²) in [5.74, 6) is -0.102. The number of aryl methyl sites for hydroxylation is 2. The Kier molecular flexibility index (Phi) is 4.10. The Hall–Kier alpha value is -0.840. The molecule has 2 nitrogen and oxygen atoms in total. The third-order valence-electron chi connectivity index (χ3n) is 2.57. The smallest absolute Gasteiger partial charge is 0.265 e. The maximum atomic E-state index is 12.0. The first-order valence-electron chi connectivity index (χ1n) is 5.31. The van der Waals surface area contributed by atoms with Gasteiger partial charge < -0.3 is 5.32 Å². The van der Waals surface area contributed by atoms with Crippen molar-refractivity contribution in [2.24, 2.45) is 0 Å². The molecule has 1 heterocycles. The molecule has 0 spiro atoms. The average molecular weight is 345 g/mol. The molecule has 0 radical (unpaired) electrons. The summed E-state index contributed by atoms with van der Waals surface area (Å²) in [6, 6.07) is 7.23. The molecule has 0 aliphatic heterocycles. The quantitative estimate of drug-likeness (QED) is 0.813. The molecule has 1 aromatic carbocycles. The van der Waals surface area contributed by atoms with Gasteiger partial charge in [-0.05, 0) is 59.6 Å². The normalized spacial score (nSPS) is 10.4. The fourth-order valence-corrected chi connectivity index (χ4v) is 2.81. The van der Waals surface area contributed by atoms with Crippen LogP contribution in [0.3, 0.4) is 0 Å². The van der Waals surface area contributed by atoms with E-state index in [2.05, 4.69) is 21.2 Å². The van der Waals surface area contributed by atoms with Gasteiger partial charge in [0.05, 0.1) is 9.90 Å². The number of carbonyl (C=O) groups excluding carboxylic acids is 1. The van der Waals surface area contributed by atoms with Gasteiger partial charge in [0.15, 0.2) is 0 Å². The number of halogens is 2. The van der Waals surface area contributed by atoms with Crippen LogP contribution in [0.5, 0.6) is 0 Å². The Balaban J connectivity index is 2.18. The van der Waals surface area contributed by atoms with Crippen molar-refractivity contribution in [1.29, 1.82) is 0 Å². The zero-order valence-corrected chi connectivity index (χ0v) is 13.0. The van der Waals surface area contributed by atoms with Crippen LogP contribution in [0.15, 0.2) is 28.7 Å². The van der Waals surface area contributed by atoms with Crippen LogP contribution >= 0.6 is 38.9 Å². The Morgan fingerprint density at radius 3 is 2.61 bits per heavy atom. The number of hydrogen-bond donors (Lipinski definition) is 1. The second-order valence-electron chi connectivity index (χ2n) is 3.93. The van der Waals surface area contributed by atoms with E-state index in [-0.39, 0.29) is 5.91 Å². The molecule has 5 heteroatoms. The van der Waals surface area contributed by atoms with Gasteiger partial charge in [0.25, 0.3) is 5.91 Å². The van der Waals surface area contributed by atoms with Crippen LogP contribution in [0.2, 0.25) is 5.02 Å². The molecule has 0 atom stereocenters. The maximum Gasteiger partial charge on any atom is 0.265 e. The lowest BCUT2D eigenvalue weighted by atomic mass is 10.2. The summed E-state index contributed by atoms with van der Waals surface area (Å²) in [6.07, 6.45) is 0.